The van der Waals surface area contributed by atoms with Crippen LogP contribution in [0.25, 0.3) is 0 Å². The first-order chi connectivity index (χ1) is 8.08. The van der Waals surface area contributed by atoms with E-state index in [1.165, 1.54) is 0 Å². The van der Waals surface area contributed by atoms with Crippen LogP contribution in [0.4, 0.5) is 0 Å². The summed E-state index contributed by atoms with van der Waals surface area (Å²) in [5, 5.41) is 0.525. The molecule has 0 aliphatic carbocycles. The van der Waals surface area contributed by atoms with E-state index in [9.17, 15) is 4.79 Å². The molecule has 2 N–H and O–H groups in total. The third kappa shape index (κ3) is 3.11. The number of likely N-dealkylation sites (tertiary alicyclic amines) is 1. The Morgan fingerprint density at radius 3 is 2.65 bits per heavy atom. The quantitative estimate of drug-likeness (QED) is 0.778. The second-order valence-corrected chi connectivity index (χ2v) is 5.91. The van der Waals surface area contributed by atoms with E-state index < -0.39 is 0 Å². The molecule has 1 saturated heterocycles. The molecule has 17 heavy (non-hydrogen) atoms. The topological polar surface area (TPSA) is 46.3 Å². The van der Waals surface area contributed by atoms with Gasteiger partial charge in [0.25, 0.3) is 5.91 Å². The largest absolute Gasteiger partial charge is 0.338 e. The fraction of sp³-hybridized carbons (Fsp3) is 0.417. The first-order valence-electron chi connectivity index (χ1n) is 5.58. The van der Waals surface area contributed by atoms with Crippen LogP contribution in [0.3, 0.4) is 0 Å². The summed E-state index contributed by atoms with van der Waals surface area (Å²) in [6.07, 6.45) is 1.74. The highest BCUT2D eigenvalue weighted by molar-refractivity contribution is 14.1. The summed E-state index contributed by atoms with van der Waals surface area (Å²) in [4.78, 5) is 14.1. The van der Waals surface area contributed by atoms with Gasteiger partial charge in [-0.25, -0.2) is 0 Å². The van der Waals surface area contributed by atoms with Crippen LogP contribution in [-0.2, 0) is 0 Å². The third-order valence-corrected chi connectivity index (χ3v) is 3.97. The van der Waals surface area contributed by atoms with Gasteiger partial charge in [-0.05, 0) is 53.6 Å². The van der Waals surface area contributed by atoms with E-state index in [2.05, 4.69) is 22.6 Å². The van der Waals surface area contributed by atoms with E-state index in [1.807, 2.05) is 17.0 Å². The zero-order chi connectivity index (χ0) is 12.4. The van der Waals surface area contributed by atoms with Gasteiger partial charge in [0.05, 0.1) is 10.6 Å². The number of rotatable bonds is 1. The predicted molar refractivity (Wildman–Crippen MR) is 77.3 cm³/mol. The van der Waals surface area contributed by atoms with E-state index in [-0.39, 0.29) is 11.9 Å². The summed E-state index contributed by atoms with van der Waals surface area (Å²) in [5.74, 6) is 0.0123. The molecule has 1 aliphatic rings. The number of piperidine rings is 1. The van der Waals surface area contributed by atoms with Crippen molar-refractivity contribution in [2.24, 2.45) is 5.73 Å². The van der Waals surface area contributed by atoms with Gasteiger partial charge < -0.3 is 10.6 Å². The zero-order valence-corrected chi connectivity index (χ0v) is 12.2. The molecule has 1 aromatic rings. The van der Waals surface area contributed by atoms with E-state index in [1.54, 1.807) is 6.07 Å². The number of hydrogen-bond acceptors (Lipinski definition) is 2. The first kappa shape index (κ1) is 13.1. The highest BCUT2D eigenvalue weighted by Crippen LogP contribution is 2.22. The van der Waals surface area contributed by atoms with Crippen molar-refractivity contribution in [3.63, 3.8) is 0 Å². The van der Waals surface area contributed by atoms with Gasteiger partial charge >= 0.3 is 0 Å². The molecule has 0 radical (unpaired) electrons. The maximum absolute atomic E-state index is 12.2. The van der Waals surface area contributed by atoms with Crippen molar-refractivity contribution >= 4 is 40.1 Å². The number of benzene rings is 1. The number of amides is 1. The van der Waals surface area contributed by atoms with Gasteiger partial charge in [0.2, 0.25) is 0 Å². The molecule has 5 heteroatoms. The van der Waals surface area contributed by atoms with Crippen molar-refractivity contribution in [1.82, 2.24) is 4.90 Å². The van der Waals surface area contributed by atoms with Gasteiger partial charge in [0.1, 0.15) is 0 Å². The Balaban J connectivity index is 2.14. The summed E-state index contributed by atoms with van der Waals surface area (Å²) in [6, 6.07) is 5.73. The summed E-state index contributed by atoms with van der Waals surface area (Å²) >= 11 is 8.27. The van der Waals surface area contributed by atoms with Crippen LogP contribution in [0.1, 0.15) is 23.2 Å². The van der Waals surface area contributed by atoms with Crippen molar-refractivity contribution in [2.75, 3.05) is 13.1 Å². The molecule has 0 spiro atoms. The maximum atomic E-state index is 12.2. The lowest BCUT2D eigenvalue weighted by atomic mass is 10.0. The fourth-order valence-electron chi connectivity index (χ4n) is 1.94. The minimum atomic E-state index is 0.0123. The molecule has 1 heterocycles. The van der Waals surface area contributed by atoms with Crippen molar-refractivity contribution < 1.29 is 4.79 Å². The van der Waals surface area contributed by atoms with Gasteiger partial charge in [0, 0.05) is 22.7 Å². The SMILES string of the molecule is NC1CCN(C(=O)c2ccc(I)cc2Cl)CC1. The van der Waals surface area contributed by atoms with Crippen molar-refractivity contribution in [1.29, 1.82) is 0 Å². The second-order valence-electron chi connectivity index (χ2n) is 4.25. The van der Waals surface area contributed by atoms with Crippen LogP contribution in [0.5, 0.6) is 0 Å². The second kappa shape index (κ2) is 5.54. The van der Waals surface area contributed by atoms with Crippen LogP contribution in [0, 0.1) is 3.57 Å². The number of nitrogens with zero attached hydrogens (tertiary/aromatic N) is 1. The number of hydrogen-bond donors (Lipinski definition) is 1. The maximum Gasteiger partial charge on any atom is 0.255 e. The number of carbonyl (C=O) groups is 1. The van der Waals surface area contributed by atoms with Gasteiger partial charge in [-0.1, -0.05) is 11.6 Å². The minimum absolute atomic E-state index is 0.0123. The standard InChI is InChI=1S/C12H14ClIN2O/c13-11-7-8(14)1-2-10(11)12(17)16-5-3-9(15)4-6-16/h1-2,7,9H,3-6,15H2. The van der Waals surface area contributed by atoms with E-state index in [4.69, 9.17) is 17.3 Å². The molecular formula is C12H14ClIN2O. The minimum Gasteiger partial charge on any atom is -0.338 e. The average molecular weight is 365 g/mol. The third-order valence-electron chi connectivity index (χ3n) is 2.99. The smallest absolute Gasteiger partial charge is 0.255 e. The average Bonchev–Trinajstić information content (AvgIpc) is 2.29. The number of nitrogens with two attached hydrogens (primary N) is 1. The lowest BCUT2D eigenvalue weighted by Crippen LogP contribution is -2.42. The Bertz CT molecular complexity index is 431. The lowest BCUT2D eigenvalue weighted by molar-refractivity contribution is 0.0715. The Morgan fingerprint density at radius 1 is 1.41 bits per heavy atom. The molecular weight excluding hydrogens is 351 g/mol. The molecule has 0 unspecified atom stereocenters. The van der Waals surface area contributed by atoms with Crippen molar-refractivity contribution in [3.05, 3.63) is 32.4 Å². The molecule has 1 amide bonds. The zero-order valence-electron chi connectivity index (χ0n) is 9.33. The molecule has 2 rings (SSSR count). The van der Waals surface area contributed by atoms with Gasteiger partial charge in [-0.2, -0.15) is 0 Å². The molecule has 0 atom stereocenters. The first-order valence-corrected chi connectivity index (χ1v) is 7.03. The van der Waals surface area contributed by atoms with Crippen LogP contribution in [0.15, 0.2) is 18.2 Å². The van der Waals surface area contributed by atoms with Crippen LogP contribution >= 0.6 is 34.2 Å². The number of halogens is 2. The van der Waals surface area contributed by atoms with Crippen LogP contribution < -0.4 is 5.73 Å². The van der Waals surface area contributed by atoms with Crippen LogP contribution in [0.2, 0.25) is 5.02 Å². The van der Waals surface area contributed by atoms with Crippen molar-refractivity contribution in [3.8, 4) is 0 Å². The highest BCUT2D eigenvalue weighted by Gasteiger charge is 2.23. The lowest BCUT2D eigenvalue weighted by Gasteiger charge is -2.30. The van der Waals surface area contributed by atoms with Gasteiger partial charge in [0.15, 0.2) is 0 Å². The Morgan fingerprint density at radius 2 is 2.06 bits per heavy atom. The summed E-state index contributed by atoms with van der Waals surface area (Å²) in [6.45, 7) is 1.45. The summed E-state index contributed by atoms with van der Waals surface area (Å²) in [5.41, 5.74) is 6.41. The predicted octanol–water partition coefficient (Wildman–Crippen LogP) is 2.51. The molecule has 92 valence electrons. The molecule has 0 bridgehead atoms. The van der Waals surface area contributed by atoms with Gasteiger partial charge in [-0.15, -0.1) is 0 Å². The Labute approximate surface area is 119 Å². The van der Waals surface area contributed by atoms with E-state index >= 15 is 0 Å². The molecule has 0 aromatic heterocycles. The monoisotopic (exact) mass is 364 g/mol. The Kier molecular flexibility index (Phi) is 4.27. The molecule has 0 saturated carbocycles. The fourth-order valence-corrected chi connectivity index (χ4v) is 2.87. The Hall–Kier alpha value is -0.330. The molecule has 1 fully saturated rings. The molecule has 1 aromatic carbocycles. The normalized spacial score (nSPS) is 17.2. The van der Waals surface area contributed by atoms with Gasteiger partial charge in [-0.3, -0.25) is 4.79 Å². The molecule has 3 nitrogen and oxygen atoms in total. The van der Waals surface area contributed by atoms with Crippen LogP contribution in [-0.4, -0.2) is 29.9 Å². The summed E-state index contributed by atoms with van der Waals surface area (Å²) in [7, 11) is 0. The highest BCUT2D eigenvalue weighted by atomic mass is 127. The van der Waals surface area contributed by atoms with E-state index in [0.29, 0.717) is 10.6 Å². The van der Waals surface area contributed by atoms with E-state index in [0.717, 1.165) is 29.5 Å². The number of carbonyl (C=O) groups excluding carboxylic acids is 1. The molecule has 1 aliphatic heterocycles. The van der Waals surface area contributed by atoms with Crippen molar-refractivity contribution in [2.45, 2.75) is 18.9 Å². The summed E-state index contributed by atoms with van der Waals surface area (Å²) < 4.78 is 1.03.